The molecule has 0 heterocycles. The van der Waals surface area contributed by atoms with Crippen molar-refractivity contribution in [1.82, 2.24) is 0 Å². The highest BCUT2D eigenvalue weighted by Crippen LogP contribution is 2.08. The molecule has 0 saturated heterocycles. The average molecular weight is 225 g/mol. The van der Waals surface area contributed by atoms with Crippen LogP contribution in [0.5, 0.6) is 0 Å². The van der Waals surface area contributed by atoms with Gasteiger partial charge in [0.1, 0.15) is 6.61 Å². The molecule has 0 atom stereocenters. The molecular formula is C10H9ClN2O2. The number of nitrogens with one attached hydrogen (secondary N) is 1. The van der Waals surface area contributed by atoms with Crippen molar-refractivity contribution in [3.05, 3.63) is 29.8 Å². The van der Waals surface area contributed by atoms with E-state index in [9.17, 15) is 4.79 Å². The average Bonchev–Trinajstić information content (AvgIpc) is 2.27. The number of nitriles is 1. The van der Waals surface area contributed by atoms with Gasteiger partial charge in [0.2, 0.25) is 0 Å². The van der Waals surface area contributed by atoms with Gasteiger partial charge in [-0.25, -0.2) is 4.79 Å². The number of amides is 1. The number of hydrogen-bond donors (Lipinski definition) is 1. The zero-order valence-electron chi connectivity index (χ0n) is 7.87. The summed E-state index contributed by atoms with van der Waals surface area (Å²) in [4.78, 5) is 11.1. The number of alkyl halides is 1. The first-order valence-electron chi connectivity index (χ1n) is 4.26. The Labute approximate surface area is 92.4 Å². The standard InChI is InChI=1S/C10H9ClN2O2/c11-5-6-15-10(14)13-9-3-1-8(7-12)2-4-9/h1-4H,5-6H2,(H,13,14). The molecule has 0 aliphatic carbocycles. The molecule has 0 bridgehead atoms. The molecule has 1 amide bonds. The van der Waals surface area contributed by atoms with E-state index < -0.39 is 6.09 Å². The summed E-state index contributed by atoms with van der Waals surface area (Å²) in [5, 5.41) is 11.0. The maximum absolute atomic E-state index is 11.1. The minimum Gasteiger partial charge on any atom is -0.448 e. The Bertz CT molecular complexity index is 370. The van der Waals surface area contributed by atoms with Crippen molar-refractivity contribution in [2.75, 3.05) is 17.8 Å². The van der Waals surface area contributed by atoms with E-state index in [4.69, 9.17) is 21.6 Å². The molecule has 0 spiro atoms. The van der Waals surface area contributed by atoms with Gasteiger partial charge >= 0.3 is 6.09 Å². The van der Waals surface area contributed by atoms with Crippen molar-refractivity contribution < 1.29 is 9.53 Å². The number of halogens is 1. The summed E-state index contributed by atoms with van der Waals surface area (Å²) in [7, 11) is 0. The van der Waals surface area contributed by atoms with Gasteiger partial charge in [0.05, 0.1) is 17.5 Å². The second-order valence-electron chi connectivity index (χ2n) is 2.64. The summed E-state index contributed by atoms with van der Waals surface area (Å²) >= 11 is 5.35. The van der Waals surface area contributed by atoms with Gasteiger partial charge in [-0.2, -0.15) is 5.26 Å². The number of ether oxygens (including phenoxy) is 1. The molecule has 0 aromatic heterocycles. The Morgan fingerprint density at radius 2 is 2.13 bits per heavy atom. The van der Waals surface area contributed by atoms with Crippen molar-refractivity contribution in [2.45, 2.75) is 0 Å². The number of nitrogens with zero attached hydrogens (tertiary/aromatic N) is 1. The fourth-order valence-electron chi connectivity index (χ4n) is 0.913. The Morgan fingerprint density at radius 3 is 2.67 bits per heavy atom. The summed E-state index contributed by atoms with van der Waals surface area (Å²) < 4.78 is 4.70. The second kappa shape index (κ2) is 5.89. The molecule has 5 heteroatoms. The molecule has 1 rings (SSSR count). The van der Waals surface area contributed by atoms with Gasteiger partial charge < -0.3 is 4.74 Å². The Morgan fingerprint density at radius 1 is 1.47 bits per heavy atom. The van der Waals surface area contributed by atoms with Crippen LogP contribution in [0.15, 0.2) is 24.3 Å². The minimum absolute atomic E-state index is 0.170. The van der Waals surface area contributed by atoms with Crippen molar-refractivity contribution >= 4 is 23.4 Å². The van der Waals surface area contributed by atoms with Crippen molar-refractivity contribution in [3.8, 4) is 6.07 Å². The maximum atomic E-state index is 11.1. The molecule has 1 N–H and O–H groups in total. The van der Waals surface area contributed by atoms with E-state index in [1.165, 1.54) is 0 Å². The molecule has 0 saturated carbocycles. The molecule has 15 heavy (non-hydrogen) atoms. The third-order valence-corrected chi connectivity index (χ3v) is 1.73. The monoisotopic (exact) mass is 224 g/mol. The molecule has 0 aliphatic heterocycles. The zero-order chi connectivity index (χ0) is 11.1. The minimum atomic E-state index is -0.555. The molecule has 4 nitrogen and oxygen atoms in total. The van der Waals surface area contributed by atoms with Gasteiger partial charge in [-0.05, 0) is 24.3 Å². The Hall–Kier alpha value is -1.73. The highest BCUT2D eigenvalue weighted by Gasteiger charge is 2.01. The Balaban J connectivity index is 2.50. The fraction of sp³-hybridized carbons (Fsp3) is 0.200. The number of carbonyl (C=O) groups is 1. The summed E-state index contributed by atoms with van der Waals surface area (Å²) in [6, 6.07) is 8.45. The predicted octanol–water partition coefficient (Wildman–Crippen LogP) is 2.35. The largest absolute Gasteiger partial charge is 0.448 e. The van der Waals surface area contributed by atoms with Gasteiger partial charge in [0.15, 0.2) is 0 Å². The van der Waals surface area contributed by atoms with E-state index in [0.29, 0.717) is 11.3 Å². The van der Waals surface area contributed by atoms with Crippen LogP contribution in [0, 0.1) is 11.3 Å². The van der Waals surface area contributed by atoms with Gasteiger partial charge in [-0.3, -0.25) is 5.32 Å². The van der Waals surface area contributed by atoms with Crippen LogP contribution in [0.3, 0.4) is 0 Å². The first kappa shape index (κ1) is 11.3. The van der Waals surface area contributed by atoms with E-state index in [-0.39, 0.29) is 12.5 Å². The quantitative estimate of drug-likeness (QED) is 0.802. The predicted molar refractivity (Wildman–Crippen MR) is 56.8 cm³/mol. The van der Waals surface area contributed by atoms with Gasteiger partial charge in [-0.15, -0.1) is 11.6 Å². The fourth-order valence-corrected chi connectivity index (χ4v) is 0.990. The molecule has 0 fully saturated rings. The topological polar surface area (TPSA) is 62.1 Å². The summed E-state index contributed by atoms with van der Waals surface area (Å²) in [5.74, 6) is 0.265. The lowest BCUT2D eigenvalue weighted by atomic mass is 10.2. The van der Waals surface area contributed by atoms with Gasteiger partial charge in [0.25, 0.3) is 0 Å². The summed E-state index contributed by atoms with van der Waals surface area (Å²) in [5.41, 5.74) is 1.11. The van der Waals surface area contributed by atoms with E-state index in [1.807, 2.05) is 6.07 Å². The molecule has 78 valence electrons. The Kier molecular flexibility index (Phi) is 4.45. The van der Waals surface area contributed by atoms with E-state index in [1.54, 1.807) is 24.3 Å². The first-order valence-corrected chi connectivity index (χ1v) is 4.79. The lowest BCUT2D eigenvalue weighted by Crippen LogP contribution is -2.14. The lowest BCUT2D eigenvalue weighted by Gasteiger charge is -2.04. The molecule has 1 aromatic rings. The molecule has 0 radical (unpaired) electrons. The van der Waals surface area contributed by atoms with Crippen LogP contribution in [0.2, 0.25) is 0 Å². The van der Waals surface area contributed by atoms with Gasteiger partial charge in [-0.1, -0.05) is 0 Å². The van der Waals surface area contributed by atoms with Crippen molar-refractivity contribution in [2.24, 2.45) is 0 Å². The van der Waals surface area contributed by atoms with Crippen LogP contribution >= 0.6 is 11.6 Å². The van der Waals surface area contributed by atoms with Crippen LogP contribution < -0.4 is 5.32 Å². The van der Waals surface area contributed by atoms with E-state index >= 15 is 0 Å². The first-order chi connectivity index (χ1) is 7.26. The number of carbonyl (C=O) groups excluding carboxylic acids is 1. The molecule has 0 unspecified atom stereocenters. The van der Waals surface area contributed by atoms with Crippen LogP contribution in [0.25, 0.3) is 0 Å². The highest BCUT2D eigenvalue weighted by molar-refractivity contribution is 6.18. The smallest absolute Gasteiger partial charge is 0.411 e. The number of anilines is 1. The molecule has 0 aliphatic rings. The SMILES string of the molecule is N#Cc1ccc(NC(=O)OCCCl)cc1. The summed E-state index contributed by atoms with van der Waals surface area (Å²) in [6.07, 6.45) is -0.555. The molecular weight excluding hydrogens is 216 g/mol. The van der Waals surface area contributed by atoms with Crippen LogP contribution in [-0.2, 0) is 4.74 Å². The van der Waals surface area contributed by atoms with E-state index in [0.717, 1.165) is 0 Å². The number of benzene rings is 1. The highest BCUT2D eigenvalue weighted by atomic mass is 35.5. The molecule has 1 aromatic carbocycles. The number of hydrogen-bond acceptors (Lipinski definition) is 3. The maximum Gasteiger partial charge on any atom is 0.411 e. The zero-order valence-corrected chi connectivity index (χ0v) is 8.62. The number of rotatable bonds is 3. The normalized spacial score (nSPS) is 9.07. The van der Waals surface area contributed by atoms with Gasteiger partial charge in [0, 0.05) is 5.69 Å². The van der Waals surface area contributed by atoms with Crippen LogP contribution in [0.1, 0.15) is 5.56 Å². The third-order valence-electron chi connectivity index (χ3n) is 1.57. The third kappa shape index (κ3) is 3.88. The van der Waals surface area contributed by atoms with E-state index in [2.05, 4.69) is 5.32 Å². The van der Waals surface area contributed by atoms with Crippen LogP contribution in [-0.4, -0.2) is 18.6 Å². The second-order valence-corrected chi connectivity index (χ2v) is 3.02. The lowest BCUT2D eigenvalue weighted by molar-refractivity contribution is 0.168. The van der Waals surface area contributed by atoms with Crippen molar-refractivity contribution in [3.63, 3.8) is 0 Å². The summed E-state index contributed by atoms with van der Waals surface area (Å²) in [6.45, 7) is 0.170. The van der Waals surface area contributed by atoms with Crippen molar-refractivity contribution in [1.29, 1.82) is 5.26 Å². The van der Waals surface area contributed by atoms with Crippen LogP contribution in [0.4, 0.5) is 10.5 Å².